The standard InChI is InChI=1S/C9H16O2/c1-5-6-8-7(2)10-9(3,4)11-8/h5,7-8H,1,6H2,2-4H3/t7-,8+/m1/s1. The third kappa shape index (κ3) is 2.04. The van der Waals surface area contributed by atoms with E-state index in [2.05, 4.69) is 6.58 Å². The van der Waals surface area contributed by atoms with Crippen molar-refractivity contribution >= 4 is 0 Å². The molecule has 2 nitrogen and oxygen atoms in total. The molecule has 1 aliphatic rings. The molecule has 1 saturated heterocycles. The summed E-state index contributed by atoms with van der Waals surface area (Å²) in [6.07, 6.45) is 3.10. The minimum absolute atomic E-state index is 0.183. The average Bonchev–Trinajstić information content (AvgIpc) is 2.07. The minimum atomic E-state index is -0.410. The summed E-state index contributed by atoms with van der Waals surface area (Å²) in [6.45, 7) is 9.58. The van der Waals surface area contributed by atoms with Gasteiger partial charge < -0.3 is 9.47 Å². The van der Waals surface area contributed by atoms with Crippen molar-refractivity contribution in [2.24, 2.45) is 0 Å². The van der Waals surface area contributed by atoms with Crippen LogP contribution < -0.4 is 0 Å². The molecular formula is C9H16O2. The Morgan fingerprint density at radius 2 is 2.09 bits per heavy atom. The van der Waals surface area contributed by atoms with Crippen molar-refractivity contribution in [1.29, 1.82) is 0 Å². The van der Waals surface area contributed by atoms with Crippen LogP contribution in [0, 0.1) is 0 Å². The van der Waals surface area contributed by atoms with Crippen LogP contribution in [0.1, 0.15) is 27.2 Å². The highest BCUT2D eigenvalue weighted by Gasteiger charge is 2.37. The van der Waals surface area contributed by atoms with Crippen molar-refractivity contribution in [2.75, 3.05) is 0 Å². The maximum atomic E-state index is 5.61. The Bertz CT molecular complexity index is 152. The lowest BCUT2D eigenvalue weighted by atomic mass is 10.2. The maximum Gasteiger partial charge on any atom is 0.163 e. The first-order valence-electron chi connectivity index (χ1n) is 4.02. The van der Waals surface area contributed by atoms with Gasteiger partial charge in [0, 0.05) is 0 Å². The maximum absolute atomic E-state index is 5.61. The second-order valence-electron chi connectivity index (χ2n) is 3.40. The first-order chi connectivity index (χ1) is 5.05. The van der Waals surface area contributed by atoms with Gasteiger partial charge in [0.1, 0.15) is 0 Å². The van der Waals surface area contributed by atoms with Gasteiger partial charge in [-0.15, -0.1) is 6.58 Å². The van der Waals surface area contributed by atoms with Crippen LogP contribution in [-0.2, 0) is 9.47 Å². The Hall–Kier alpha value is -0.340. The molecule has 0 aromatic carbocycles. The zero-order valence-corrected chi connectivity index (χ0v) is 7.46. The molecule has 0 aliphatic carbocycles. The van der Waals surface area contributed by atoms with E-state index in [1.807, 2.05) is 26.8 Å². The van der Waals surface area contributed by atoms with E-state index in [-0.39, 0.29) is 12.2 Å². The molecule has 0 aromatic heterocycles. The lowest BCUT2D eigenvalue weighted by molar-refractivity contribution is -0.144. The van der Waals surface area contributed by atoms with Crippen molar-refractivity contribution < 1.29 is 9.47 Å². The number of hydrogen-bond donors (Lipinski definition) is 0. The van der Waals surface area contributed by atoms with Crippen molar-refractivity contribution in [3.05, 3.63) is 12.7 Å². The SMILES string of the molecule is C=CC[C@@H]1OC(C)(C)O[C@@H]1C. The van der Waals surface area contributed by atoms with Crippen LogP contribution >= 0.6 is 0 Å². The summed E-state index contributed by atoms with van der Waals surface area (Å²) in [7, 11) is 0. The molecule has 0 bridgehead atoms. The lowest BCUT2D eigenvalue weighted by Crippen LogP contribution is -2.21. The van der Waals surface area contributed by atoms with Crippen LogP contribution in [0.4, 0.5) is 0 Å². The quantitative estimate of drug-likeness (QED) is 0.570. The van der Waals surface area contributed by atoms with E-state index >= 15 is 0 Å². The summed E-state index contributed by atoms with van der Waals surface area (Å²) < 4.78 is 11.2. The summed E-state index contributed by atoms with van der Waals surface area (Å²) >= 11 is 0. The molecule has 1 fully saturated rings. The predicted octanol–water partition coefficient (Wildman–Crippen LogP) is 2.10. The highest BCUT2D eigenvalue weighted by atomic mass is 16.7. The van der Waals surface area contributed by atoms with Crippen LogP contribution in [0.25, 0.3) is 0 Å². The van der Waals surface area contributed by atoms with E-state index in [4.69, 9.17) is 9.47 Å². The van der Waals surface area contributed by atoms with E-state index in [9.17, 15) is 0 Å². The highest BCUT2D eigenvalue weighted by Crippen LogP contribution is 2.29. The van der Waals surface area contributed by atoms with Crippen LogP contribution in [-0.4, -0.2) is 18.0 Å². The first-order valence-corrected chi connectivity index (χ1v) is 4.02. The topological polar surface area (TPSA) is 18.5 Å². The number of rotatable bonds is 2. The van der Waals surface area contributed by atoms with Gasteiger partial charge in [0.2, 0.25) is 0 Å². The van der Waals surface area contributed by atoms with Crippen LogP contribution in [0.15, 0.2) is 12.7 Å². The second kappa shape index (κ2) is 2.95. The monoisotopic (exact) mass is 156 g/mol. The van der Waals surface area contributed by atoms with Gasteiger partial charge >= 0.3 is 0 Å². The lowest BCUT2D eigenvalue weighted by Gasteiger charge is -2.16. The molecule has 0 saturated carbocycles. The Labute approximate surface area is 68.2 Å². The second-order valence-corrected chi connectivity index (χ2v) is 3.40. The normalized spacial score (nSPS) is 35.5. The fourth-order valence-corrected chi connectivity index (χ4v) is 1.42. The van der Waals surface area contributed by atoms with Gasteiger partial charge in [-0.2, -0.15) is 0 Å². The van der Waals surface area contributed by atoms with Crippen molar-refractivity contribution in [3.8, 4) is 0 Å². The van der Waals surface area contributed by atoms with E-state index in [1.165, 1.54) is 0 Å². The van der Waals surface area contributed by atoms with Gasteiger partial charge in [-0.05, 0) is 27.2 Å². The molecule has 0 aromatic rings. The van der Waals surface area contributed by atoms with Crippen LogP contribution in [0.2, 0.25) is 0 Å². The van der Waals surface area contributed by atoms with Crippen LogP contribution in [0.3, 0.4) is 0 Å². The van der Waals surface area contributed by atoms with Crippen molar-refractivity contribution in [3.63, 3.8) is 0 Å². The predicted molar refractivity (Wildman–Crippen MR) is 44.3 cm³/mol. The van der Waals surface area contributed by atoms with Gasteiger partial charge in [0.25, 0.3) is 0 Å². The fraction of sp³-hybridized carbons (Fsp3) is 0.778. The zero-order valence-electron chi connectivity index (χ0n) is 7.46. The molecule has 11 heavy (non-hydrogen) atoms. The molecule has 0 unspecified atom stereocenters. The summed E-state index contributed by atoms with van der Waals surface area (Å²) in [5, 5.41) is 0. The van der Waals surface area contributed by atoms with Crippen molar-refractivity contribution in [1.82, 2.24) is 0 Å². The van der Waals surface area contributed by atoms with E-state index in [1.54, 1.807) is 0 Å². The van der Waals surface area contributed by atoms with Gasteiger partial charge in [0.15, 0.2) is 5.79 Å². The fourth-order valence-electron chi connectivity index (χ4n) is 1.42. The molecule has 2 heteroatoms. The van der Waals surface area contributed by atoms with Crippen LogP contribution in [0.5, 0.6) is 0 Å². The number of hydrogen-bond acceptors (Lipinski definition) is 2. The third-order valence-corrected chi connectivity index (χ3v) is 1.83. The van der Waals surface area contributed by atoms with Gasteiger partial charge in [-0.3, -0.25) is 0 Å². The van der Waals surface area contributed by atoms with Gasteiger partial charge in [0.05, 0.1) is 12.2 Å². The largest absolute Gasteiger partial charge is 0.345 e. The zero-order chi connectivity index (χ0) is 8.48. The molecule has 2 atom stereocenters. The molecule has 0 N–H and O–H groups in total. The summed E-state index contributed by atoms with van der Waals surface area (Å²) in [5.41, 5.74) is 0. The smallest absolute Gasteiger partial charge is 0.163 e. The first kappa shape index (κ1) is 8.75. The summed E-state index contributed by atoms with van der Waals surface area (Å²) in [4.78, 5) is 0. The van der Waals surface area contributed by atoms with E-state index in [0.717, 1.165) is 6.42 Å². The molecular weight excluding hydrogens is 140 g/mol. The molecule has 0 amide bonds. The molecule has 0 spiro atoms. The number of ether oxygens (including phenoxy) is 2. The Morgan fingerprint density at radius 1 is 1.45 bits per heavy atom. The molecule has 64 valence electrons. The van der Waals surface area contributed by atoms with Crippen molar-refractivity contribution in [2.45, 2.75) is 45.2 Å². The molecule has 1 rings (SSSR count). The average molecular weight is 156 g/mol. The minimum Gasteiger partial charge on any atom is -0.345 e. The summed E-state index contributed by atoms with van der Waals surface area (Å²) in [5.74, 6) is -0.410. The Balaban J connectivity index is 2.51. The third-order valence-electron chi connectivity index (χ3n) is 1.83. The summed E-state index contributed by atoms with van der Waals surface area (Å²) in [6, 6.07) is 0. The molecule has 0 radical (unpaired) electrons. The molecule has 1 aliphatic heterocycles. The van der Waals surface area contributed by atoms with E-state index < -0.39 is 5.79 Å². The van der Waals surface area contributed by atoms with E-state index in [0.29, 0.717) is 0 Å². The Kier molecular flexibility index (Phi) is 2.35. The molecule has 1 heterocycles. The Morgan fingerprint density at radius 3 is 2.45 bits per heavy atom. The van der Waals surface area contributed by atoms with Gasteiger partial charge in [-0.25, -0.2) is 0 Å². The van der Waals surface area contributed by atoms with Gasteiger partial charge in [-0.1, -0.05) is 6.08 Å². The highest BCUT2D eigenvalue weighted by molar-refractivity contribution is 4.83.